The first-order valence-electron chi connectivity index (χ1n) is 22.6. The van der Waals surface area contributed by atoms with Crippen molar-refractivity contribution >= 4 is 99.9 Å². The minimum atomic E-state index is -0.199. The van der Waals surface area contributed by atoms with E-state index in [9.17, 15) is 0 Å². The van der Waals surface area contributed by atoms with Gasteiger partial charge in [-0.2, -0.15) is 0 Å². The first-order valence-corrected chi connectivity index (χ1v) is 23.4. The van der Waals surface area contributed by atoms with Crippen LogP contribution in [-0.2, 0) is 21.7 Å². The van der Waals surface area contributed by atoms with Gasteiger partial charge in [0.15, 0.2) is 0 Å². The molecule has 2 aliphatic heterocycles. The smallest absolute Gasteiger partial charge is 0.264 e. The highest BCUT2D eigenvalue weighted by Crippen LogP contribution is 2.54. The van der Waals surface area contributed by atoms with Crippen molar-refractivity contribution in [2.45, 2.75) is 90.9 Å². The fourth-order valence-corrected chi connectivity index (χ4v) is 12.9. The Labute approximate surface area is 376 Å². The van der Waals surface area contributed by atoms with Crippen LogP contribution in [0.25, 0.3) is 32.0 Å². The van der Waals surface area contributed by atoms with Gasteiger partial charge >= 0.3 is 0 Å². The quantitative estimate of drug-likeness (QED) is 0.162. The van der Waals surface area contributed by atoms with Gasteiger partial charge in [-0.3, -0.25) is 0 Å². The highest BCUT2D eigenvalue weighted by molar-refractivity contribution is 7.34. The van der Waals surface area contributed by atoms with Crippen LogP contribution in [0.1, 0.15) is 103 Å². The third-order valence-electron chi connectivity index (χ3n) is 14.8. The Balaban J connectivity index is 1.20. The number of nitrogens with zero attached hydrogens (tertiary/aromatic N) is 2. The Morgan fingerprint density at radius 1 is 0.508 bits per heavy atom. The van der Waals surface area contributed by atoms with Gasteiger partial charge in [-0.25, -0.2) is 0 Å². The highest BCUT2D eigenvalue weighted by atomic mass is 32.1. The van der Waals surface area contributed by atoms with Crippen LogP contribution in [0.2, 0.25) is 0 Å². The molecule has 0 unspecified atom stereocenters. The fourth-order valence-electron chi connectivity index (χ4n) is 11.4. The van der Waals surface area contributed by atoms with Crippen LogP contribution < -0.4 is 25.5 Å². The molecule has 0 spiro atoms. The maximum Gasteiger partial charge on any atom is 0.264 e. The molecule has 0 radical (unpaired) electrons. The van der Waals surface area contributed by atoms with E-state index in [1.807, 2.05) is 11.3 Å². The van der Waals surface area contributed by atoms with E-state index in [0.29, 0.717) is 0 Å². The normalized spacial score (nSPS) is 15.9. The zero-order valence-electron chi connectivity index (χ0n) is 38.1. The lowest BCUT2D eigenvalue weighted by Gasteiger charge is -2.47. The lowest BCUT2D eigenvalue weighted by molar-refractivity contribution is 0.521. The molecule has 0 atom stereocenters. The molecular weight excluding hydrogens is 784 g/mol. The second kappa shape index (κ2) is 12.8. The molecule has 0 N–H and O–H groups in total. The van der Waals surface area contributed by atoms with Crippen molar-refractivity contribution in [3.63, 3.8) is 0 Å². The van der Waals surface area contributed by atoms with Crippen molar-refractivity contribution in [1.29, 1.82) is 0 Å². The highest BCUT2D eigenvalue weighted by Gasteiger charge is 2.49. The molecule has 9 aromatic rings. The van der Waals surface area contributed by atoms with E-state index >= 15 is 0 Å². The number of benzene rings is 7. The lowest BCUT2D eigenvalue weighted by Crippen LogP contribution is -2.61. The van der Waals surface area contributed by atoms with E-state index in [-0.39, 0.29) is 28.4 Å². The largest absolute Gasteiger partial charge is 0.456 e. The molecule has 5 heteroatoms. The number of furan rings is 1. The number of hydrogen-bond donors (Lipinski definition) is 0. The molecular formula is C58H53BN2OS. The van der Waals surface area contributed by atoms with Crippen molar-refractivity contribution in [3.05, 3.63) is 173 Å². The van der Waals surface area contributed by atoms with Gasteiger partial charge in [0, 0.05) is 64.9 Å². The summed E-state index contributed by atoms with van der Waals surface area (Å²) in [5.41, 5.74) is 19.9. The van der Waals surface area contributed by atoms with Crippen LogP contribution >= 0.6 is 11.3 Å². The molecule has 1 aliphatic carbocycles. The fraction of sp³-hybridized carbons (Fsp3) is 0.241. The predicted molar refractivity (Wildman–Crippen MR) is 271 cm³/mol. The molecule has 2 aromatic heterocycles. The second-order valence-electron chi connectivity index (χ2n) is 21.4. The van der Waals surface area contributed by atoms with E-state index in [1.165, 1.54) is 104 Å². The molecule has 4 heterocycles. The second-order valence-corrected chi connectivity index (χ2v) is 22.4. The summed E-state index contributed by atoms with van der Waals surface area (Å²) in [5, 5.41) is 3.64. The molecule has 0 saturated heterocycles. The Bertz CT molecular complexity index is 3370. The van der Waals surface area contributed by atoms with Gasteiger partial charge in [-0.1, -0.05) is 148 Å². The van der Waals surface area contributed by atoms with Crippen molar-refractivity contribution in [1.82, 2.24) is 0 Å². The SMILES string of the molecule is CC(C)(C)c1ccc(N2c3cc4c(cc3B3c5sc6c(ccc7oc8ccccc8c76)c5N(c5ccc(C(C)(C)C)cc5)c5cccc2c53)C(C)(C)c2ccccc2C4(C)C)cc1. The molecule has 63 heavy (non-hydrogen) atoms. The van der Waals surface area contributed by atoms with Gasteiger partial charge in [0.25, 0.3) is 6.71 Å². The number of thiophene rings is 1. The lowest BCUT2D eigenvalue weighted by atomic mass is 9.35. The summed E-state index contributed by atoms with van der Waals surface area (Å²) in [4.78, 5) is 5.17. The van der Waals surface area contributed by atoms with Crippen LogP contribution in [0.3, 0.4) is 0 Å². The molecule has 3 aliphatic rings. The van der Waals surface area contributed by atoms with Crippen LogP contribution in [0, 0.1) is 0 Å². The minimum Gasteiger partial charge on any atom is -0.456 e. The summed E-state index contributed by atoms with van der Waals surface area (Å²) in [7, 11) is 0. The molecule has 0 amide bonds. The van der Waals surface area contributed by atoms with Crippen LogP contribution in [0.15, 0.2) is 144 Å². The van der Waals surface area contributed by atoms with Crippen LogP contribution in [0.4, 0.5) is 34.1 Å². The topological polar surface area (TPSA) is 19.6 Å². The Morgan fingerprint density at radius 2 is 1.06 bits per heavy atom. The summed E-state index contributed by atoms with van der Waals surface area (Å²) in [6, 6.07) is 53.2. The summed E-state index contributed by atoms with van der Waals surface area (Å²) >= 11 is 1.96. The molecule has 0 fully saturated rings. The Kier molecular flexibility index (Phi) is 7.84. The van der Waals surface area contributed by atoms with Gasteiger partial charge in [-0.05, 0) is 116 Å². The first kappa shape index (κ1) is 38.6. The summed E-state index contributed by atoms with van der Waals surface area (Å²) in [6.45, 7) is 23.5. The average molecular weight is 837 g/mol. The maximum absolute atomic E-state index is 6.56. The van der Waals surface area contributed by atoms with Crippen molar-refractivity contribution in [3.8, 4) is 0 Å². The number of rotatable bonds is 2. The van der Waals surface area contributed by atoms with Crippen molar-refractivity contribution in [2.75, 3.05) is 9.80 Å². The van der Waals surface area contributed by atoms with E-state index in [4.69, 9.17) is 4.42 Å². The summed E-state index contributed by atoms with van der Waals surface area (Å²) in [6.07, 6.45) is 0. The van der Waals surface area contributed by atoms with Gasteiger partial charge in [-0.15, -0.1) is 11.3 Å². The summed E-state index contributed by atoms with van der Waals surface area (Å²) < 4.78 is 9.22. The molecule has 0 bridgehead atoms. The monoisotopic (exact) mass is 836 g/mol. The minimum absolute atomic E-state index is 0.00314. The van der Waals surface area contributed by atoms with Crippen LogP contribution in [-0.4, -0.2) is 6.71 Å². The van der Waals surface area contributed by atoms with Gasteiger partial charge < -0.3 is 14.2 Å². The van der Waals surface area contributed by atoms with Crippen molar-refractivity contribution in [2.24, 2.45) is 0 Å². The third kappa shape index (κ3) is 5.32. The van der Waals surface area contributed by atoms with E-state index < -0.39 is 0 Å². The van der Waals surface area contributed by atoms with Gasteiger partial charge in [0.2, 0.25) is 0 Å². The third-order valence-corrected chi connectivity index (χ3v) is 16.1. The standard InChI is InChI=1S/C58H53BN2OS/c1-55(2,3)34-22-26-36(27-23-34)60-45-19-15-20-46-51(45)59(44-32-42-43(33-47(44)60)58(9,10)41-18-13-12-17-40(41)57(42,7)8)54-52(61(46)37-28-24-35(25-29-37)56(4,5)6)39-30-31-49-50(53(39)63-54)38-16-11-14-21-48(38)62-49/h11-33H,1-10H3. The first-order chi connectivity index (χ1) is 30.0. The molecule has 3 nitrogen and oxygen atoms in total. The predicted octanol–water partition coefficient (Wildman–Crippen LogP) is 14.4. The van der Waals surface area contributed by atoms with Crippen LogP contribution in [0.5, 0.6) is 0 Å². The average Bonchev–Trinajstić information content (AvgIpc) is 3.84. The van der Waals surface area contributed by atoms with E-state index in [0.717, 1.165) is 11.2 Å². The zero-order valence-corrected chi connectivity index (χ0v) is 38.9. The van der Waals surface area contributed by atoms with Gasteiger partial charge in [0.1, 0.15) is 11.2 Å². The maximum atomic E-state index is 6.56. The zero-order chi connectivity index (χ0) is 43.5. The summed E-state index contributed by atoms with van der Waals surface area (Å²) in [5.74, 6) is 0. The number of fused-ring (bicyclic) bond motifs is 12. The van der Waals surface area contributed by atoms with Gasteiger partial charge in [0.05, 0.1) is 5.69 Å². The molecule has 12 rings (SSSR count). The Morgan fingerprint density at radius 3 is 1.68 bits per heavy atom. The number of hydrogen-bond acceptors (Lipinski definition) is 4. The molecule has 310 valence electrons. The van der Waals surface area contributed by atoms with E-state index in [1.54, 1.807) is 0 Å². The number of anilines is 6. The van der Waals surface area contributed by atoms with E-state index in [2.05, 4.69) is 219 Å². The van der Waals surface area contributed by atoms with Crippen molar-refractivity contribution < 1.29 is 4.42 Å². The molecule has 0 saturated carbocycles. The molecule has 7 aromatic carbocycles. The Hall–Kier alpha value is -6.04. The number of para-hydroxylation sites is 1.